The lowest BCUT2D eigenvalue weighted by molar-refractivity contribution is -0.907. The van der Waals surface area contributed by atoms with Crippen molar-refractivity contribution in [3.05, 3.63) is 57.8 Å². The highest BCUT2D eigenvalue weighted by Gasteiger charge is 2.22. The standard InChI is InChI=1S/C23H31N3O3S/c1-19-8-9-22(30-19)17-26(16-21-6-4-3-5-7-21)23(28)18-25(20(2)27)11-10-24-12-14-29-15-13-24/h3-9H,10-18H2,1-2H3/p+1. The second-order valence-electron chi connectivity index (χ2n) is 7.80. The smallest absolute Gasteiger partial charge is 0.242 e. The van der Waals surface area contributed by atoms with E-state index in [4.69, 9.17) is 4.74 Å². The summed E-state index contributed by atoms with van der Waals surface area (Å²) in [4.78, 5) is 32.8. The predicted octanol–water partition coefficient (Wildman–Crippen LogP) is 1.35. The molecule has 0 aliphatic carbocycles. The molecule has 1 aliphatic heterocycles. The van der Waals surface area contributed by atoms with Crippen LogP contribution < -0.4 is 4.90 Å². The largest absolute Gasteiger partial charge is 0.370 e. The summed E-state index contributed by atoms with van der Waals surface area (Å²) in [5, 5.41) is 0. The molecule has 2 aromatic rings. The first-order chi connectivity index (χ1) is 14.5. The zero-order valence-corrected chi connectivity index (χ0v) is 18.7. The predicted molar refractivity (Wildman–Crippen MR) is 118 cm³/mol. The average molecular weight is 431 g/mol. The Kier molecular flexibility index (Phi) is 8.42. The SMILES string of the molecule is CC(=O)N(CC[NH+]1CCOCC1)CC(=O)N(Cc1ccccc1)Cc1ccc(C)s1. The first-order valence-electron chi connectivity index (χ1n) is 10.5. The summed E-state index contributed by atoms with van der Waals surface area (Å²) < 4.78 is 5.40. The molecule has 1 aromatic carbocycles. The van der Waals surface area contributed by atoms with E-state index in [-0.39, 0.29) is 18.4 Å². The van der Waals surface area contributed by atoms with E-state index in [2.05, 4.69) is 19.1 Å². The zero-order chi connectivity index (χ0) is 21.3. The molecule has 0 atom stereocenters. The van der Waals surface area contributed by atoms with Crippen molar-refractivity contribution in [1.82, 2.24) is 9.80 Å². The van der Waals surface area contributed by atoms with Crippen LogP contribution in [0.1, 0.15) is 22.2 Å². The monoisotopic (exact) mass is 430 g/mol. The number of hydrogen-bond acceptors (Lipinski definition) is 4. The van der Waals surface area contributed by atoms with Crippen LogP contribution in [0.2, 0.25) is 0 Å². The molecule has 30 heavy (non-hydrogen) atoms. The van der Waals surface area contributed by atoms with Crippen LogP contribution in [0.25, 0.3) is 0 Å². The van der Waals surface area contributed by atoms with Gasteiger partial charge in [0.2, 0.25) is 11.8 Å². The third kappa shape index (κ3) is 6.93. The summed E-state index contributed by atoms with van der Waals surface area (Å²) in [6.45, 7) is 9.72. The number of hydrogen-bond donors (Lipinski definition) is 1. The normalized spacial score (nSPS) is 14.5. The summed E-state index contributed by atoms with van der Waals surface area (Å²) in [5.74, 6) is -0.0697. The van der Waals surface area contributed by atoms with Crippen molar-refractivity contribution in [2.24, 2.45) is 0 Å². The topological polar surface area (TPSA) is 54.3 Å². The fourth-order valence-electron chi connectivity index (χ4n) is 3.61. The lowest BCUT2D eigenvalue weighted by Gasteiger charge is -2.29. The van der Waals surface area contributed by atoms with Crippen LogP contribution in [0.3, 0.4) is 0 Å². The van der Waals surface area contributed by atoms with E-state index in [0.717, 1.165) is 43.3 Å². The van der Waals surface area contributed by atoms with Gasteiger partial charge in [0.1, 0.15) is 13.1 Å². The molecule has 1 aliphatic rings. The van der Waals surface area contributed by atoms with Gasteiger partial charge in [0, 0.05) is 23.2 Å². The minimum Gasteiger partial charge on any atom is -0.370 e. The van der Waals surface area contributed by atoms with Crippen LogP contribution in [0, 0.1) is 6.92 Å². The fourth-order valence-corrected chi connectivity index (χ4v) is 4.51. The number of morpholine rings is 1. The quantitative estimate of drug-likeness (QED) is 0.654. The molecule has 1 aromatic heterocycles. The van der Waals surface area contributed by atoms with E-state index in [1.165, 1.54) is 9.78 Å². The lowest BCUT2D eigenvalue weighted by atomic mass is 10.2. The van der Waals surface area contributed by atoms with Crippen LogP contribution in [0.15, 0.2) is 42.5 Å². The number of amides is 2. The number of carbonyl (C=O) groups is 2. The molecule has 2 heterocycles. The van der Waals surface area contributed by atoms with E-state index < -0.39 is 0 Å². The van der Waals surface area contributed by atoms with Gasteiger partial charge in [0.15, 0.2) is 0 Å². The van der Waals surface area contributed by atoms with Crippen molar-refractivity contribution in [2.75, 3.05) is 45.9 Å². The third-order valence-electron chi connectivity index (χ3n) is 5.42. The van der Waals surface area contributed by atoms with Gasteiger partial charge in [-0.15, -0.1) is 11.3 Å². The Hall–Kier alpha value is -2.22. The number of ether oxygens (including phenoxy) is 1. The van der Waals surface area contributed by atoms with Crippen molar-refractivity contribution in [3.8, 4) is 0 Å². The Labute approximate surface area is 183 Å². The molecule has 2 amide bonds. The molecule has 6 nitrogen and oxygen atoms in total. The van der Waals surface area contributed by atoms with E-state index in [1.54, 1.807) is 23.2 Å². The molecule has 162 valence electrons. The van der Waals surface area contributed by atoms with Crippen LogP contribution in [-0.2, 0) is 27.4 Å². The first-order valence-corrected chi connectivity index (χ1v) is 11.4. The average Bonchev–Trinajstić information content (AvgIpc) is 3.16. The Balaban J connectivity index is 1.65. The maximum atomic E-state index is 13.2. The third-order valence-corrected chi connectivity index (χ3v) is 6.40. The molecule has 0 radical (unpaired) electrons. The van der Waals surface area contributed by atoms with Gasteiger partial charge < -0.3 is 19.4 Å². The number of benzene rings is 1. The maximum Gasteiger partial charge on any atom is 0.242 e. The van der Waals surface area contributed by atoms with Crippen LogP contribution in [0.5, 0.6) is 0 Å². The molecule has 0 saturated carbocycles. The second kappa shape index (κ2) is 11.2. The highest BCUT2D eigenvalue weighted by atomic mass is 32.1. The summed E-state index contributed by atoms with van der Waals surface area (Å²) in [7, 11) is 0. The Morgan fingerprint density at radius 1 is 1.03 bits per heavy atom. The Morgan fingerprint density at radius 3 is 2.40 bits per heavy atom. The molecule has 1 fully saturated rings. The highest BCUT2D eigenvalue weighted by molar-refractivity contribution is 7.11. The molecule has 0 spiro atoms. The van der Waals surface area contributed by atoms with Crippen LogP contribution >= 0.6 is 11.3 Å². The number of carbonyl (C=O) groups excluding carboxylic acids is 2. The zero-order valence-electron chi connectivity index (χ0n) is 17.9. The van der Waals surface area contributed by atoms with E-state index in [9.17, 15) is 9.59 Å². The molecule has 3 rings (SSSR count). The van der Waals surface area contributed by atoms with Gasteiger partial charge in [-0.2, -0.15) is 0 Å². The second-order valence-corrected chi connectivity index (χ2v) is 9.17. The maximum absolute atomic E-state index is 13.2. The minimum absolute atomic E-state index is 0.0166. The minimum atomic E-state index is -0.0531. The van der Waals surface area contributed by atoms with Crippen molar-refractivity contribution in [2.45, 2.75) is 26.9 Å². The number of quaternary nitrogens is 1. The van der Waals surface area contributed by atoms with Crippen molar-refractivity contribution in [3.63, 3.8) is 0 Å². The Bertz CT molecular complexity index is 818. The van der Waals surface area contributed by atoms with E-state index in [0.29, 0.717) is 19.6 Å². The first kappa shape index (κ1) is 22.5. The lowest BCUT2D eigenvalue weighted by Crippen LogP contribution is -3.14. The van der Waals surface area contributed by atoms with Gasteiger partial charge in [0.05, 0.1) is 39.4 Å². The van der Waals surface area contributed by atoms with Crippen LogP contribution in [-0.4, -0.2) is 67.6 Å². The Morgan fingerprint density at radius 2 is 1.77 bits per heavy atom. The molecular formula is C23H32N3O3S+. The number of nitrogens with one attached hydrogen (secondary N) is 1. The molecule has 1 N–H and O–H groups in total. The molecule has 1 saturated heterocycles. The van der Waals surface area contributed by atoms with Gasteiger partial charge in [-0.3, -0.25) is 9.59 Å². The van der Waals surface area contributed by atoms with Crippen molar-refractivity contribution in [1.29, 1.82) is 0 Å². The number of rotatable bonds is 9. The fraction of sp³-hybridized carbons (Fsp3) is 0.478. The number of nitrogens with zero attached hydrogens (tertiary/aromatic N) is 2. The van der Waals surface area contributed by atoms with Gasteiger partial charge in [-0.25, -0.2) is 0 Å². The van der Waals surface area contributed by atoms with Crippen molar-refractivity contribution >= 4 is 23.2 Å². The number of thiophene rings is 1. The molecule has 7 heteroatoms. The van der Waals surface area contributed by atoms with Crippen LogP contribution in [0.4, 0.5) is 0 Å². The van der Waals surface area contributed by atoms with Gasteiger partial charge in [0.25, 0.3) is 0 Å². The van der Waals surface area contributed by atoms with E-state index in [1.807, 2.05) is 35.2 Å². The van der Waals surface area contributed by atoms with Crippen molar-refractivity contribution < 1.29 is 19.2 Å². The van der Waals surface area contributed by atoms with Gasteiger partial charge in [-0.1, -0.05) is 30.3 Å². The summed E-state index contributed by atoms with van der Waals surface area (Å²) in [6.07, 6.45) is 0. The number of aryl methyl sites for hydroxylation is 1. The van der Waals surface area contributed by atoms with Gasteiger partial charge in [-0.05, 0) is 24.6 Å². The molecule has 0 unspecified atom stereocenters. The molecule has 0 bridgehead atoms. The van der Waals surface area contributed by atoms with E-state index >= 15 is 0 Å². The highest BCUT2D eigenvalue weighted by Crippen LogP contribution is 2.19. The molecular weight excluding hydrogens is 398 g/mol. The summed E-state index contributed by atoms with van der Waals surface area (Å²) in [5.41, 5.74) is 1.09. The van der Waals surface area contributed by atoms with Gasteiger partial charge >= 0.3 is 0 Å². The summed E-state index contributed by atoms with van der Waals surface area (Å²) >= 11 is 1.71. The summed E-state index contributed by atoms with van der Waals surface area (Å²) in [6, 6.07) is 14.2.